The molecule has 0 unspecified atom stereocenters. The number of amides is 1. The van der Waals surface area contributed by atoms with Gasteiger partial charge in [0.2, 0.25) is 11.8 Å². The molecule has 1 aromatic heterocycles. The van der Waals surface area contributed by atoms with Gasteiger partial charge in [-0.3, -0.25) is 19.1 Å². The van der Waals surface area contributed by atoms with Gasteiger partial charge >= 0.3 is 0 Å². The number of para-hydroxylation sites is 1. The molecule has 200 valence electrons. The predicted octanol–water partition coefficient (Wildman–Crippen LogP) is 5.94. The van der Waals surface area contributed by atoms with E-state index in [0.29, 0.717) is 53.7 Å². The van der Waals surface area contributed by atoms with Crippen LogP contribution in [0.2, 0.25) is 0 Å². The lowest BCUT2D eigenvalue weighted by molar-refractivity contribution is -0.118. The van der Waals surface area contributed by atoms with Crippen LogP contribution < -0.4 is 23.0 Å². The fourth-order valence-corrected chi connectivity index (χ4v) is 4.92. The van der Waals surface area contributed by atoms with E-state index in [2.05, 4.69) is 6.92 Å². The molecular formula is C29H32IN3O5. The van der Waals surface area contributed by atoms with Gasteiger partial charge in [0, 0.05) is 31.1 Å². The number of carbonyl (C=O) groups is 1. The van der Waals surface area contributed by atoms with E-state index in [4.69, 9.17) is 17.5 Å². The lowest BCUT2D eigenvalue weighted by Crippen LogP contribution is -2.29. The molecule has 1 amide bonds. The average molecular weight is 629 g/mol. The monoisotopic (exact) mass is 629 g/mol. The zero-order valence-corrected chi connectivity index (χ0v) is 24.3. The third-order valence-corrected chi connectivity index (χ3v) is 7.02. The number of nitrogens with zero attached hydrogens (tertiary/aromatic N) is 3. The van der Waals surface area contributed by atoms with E-state index in [0.717, 1.165) is 30.5 Å². The minimum Gasteiger partial charge on any atom is -0.494 e. The first-order valence-corrected chi connectivity index (χ1v) is 13.5. The van der Waals surface area contributed by atoms with Crippen LogP contribution in [-0.4, -0.2) is 29.7 Å². The van der Waals surface area contributed by atoms with Crippen molar-refractivity contribution in [2.45, 2.75) is 52.4 Å². The summed E-state index contributed by atoms with van der Waals surface area (Å²) in [6.07, 6.45) is 5.88. The minimum atomic E-state index is -0.241. The summed E-state index contributed by atoms with van der Waals surface area (Å²) in [5.41, 5.74) is 3.56. The summed E-state index contributed by atoms with van der Waals surface area (Å²) in [7, 11) is 3.13. The van der Waals surface area contributed by atoms with Gasteiger partial charge in [0.25, 0.3) is 5.56 Å². The number of allylic oxidation sites excluding steroid dienone is 1. The van der Waals surface area contributed by atoms with Gasteiger partial charge in [0.1, 0.15) is 23.0 Å². The Bertz CT molecular complexity index is 1380. The number of rotatable bonds is 10. The number of halogens is 1. The Morgan fingerprint density at radius 1 is 1.00 bits per heavy atom. The van der Waals surface area contributed by atoms with Crippen LogP contribution in [0.3, 0.4) is 0 Å². The fraction of sp³-hybridized carbons (Fsp3) is 0.345. The molecule has 1 aliphatic heterocycles. The van der Waals surface area contributed by atoms with Crippen molar-refractivity contribution in [3.05, 3.63) is 81.5 Å². The molecule has 0 spiro atoms. The van der Waals surface area contributed by atoms with Crippen LogP contribution in [0.1, 0.15) is 56.5 Å². The third-order valence-electron chi connectivity index (χ3n) is 6.61. The van der Waals surface area contributed by atoms with E-state index < -0.39 is 0 Å². The van der Waals surface area contributed by atoms with Crippen molar-refractivity contribution in [1.29, 1.82) is 0 Å². The summed E-state index contributed by atoms with van der Waals surface area (Å²) in [6, 6.07) is 13.1. The van der Waals surface area contributed by atoms with Crippen LogP contribution >= 0.6 is 23.0 Å². The molecule has 0 fully saturated rings. The Labute approximate surface area is 236 Å². The highest BCUT2D eigenvalue weighted by atomic mass is 127. The third kappa shape index (κ3) is 5.72. The summed E-state index contributed by atoms with van der Waals surface area (Å²) >= 11 is 1.78. The Morgan fingerprint density at radius 2 is 1.68 bits per heavy atom. The van der Waals surface area contributed by atoms with Crippen molar-refractivity contribution >= 4 is 34.6 Å². The molecule has 3 aromatic rings. The van der Waals surface area contributed by atoms with Crippen molar-refractivity contribution in [3.63, 3.8) is 0 Å². The maximum Gasteiger partial charge on any atom is 0.265 e. The zero-order valence-electron chi connectivity index (χ0n) is 22.1. The summed E-state index contributed by atoms with van der Waals surface area (Å²) in [5, 5.41) is 0. The average Bonchev–Trinajstić information content (AvgIpc) is 2.94. The van der Waals surface area contributed by atoms with Gasteiger partial charge in [-0.1, -0.05) is 37.1 Å². The van der Waals surface area contributed by atoms with E-state index in [9.17, 15) is 9.59 Å². The molecule has 38 heavy (non-hydrogen) atoms. The molecule has 0 N–H and O–H groups in total. The standard InChI is InChI=1S/C29H32IN3O5/c1-5-6-10-25-31-28(38-30)22(29(35)33(25)27-23(36-3)8-7-9-24(27)37-4)17-20-12-14-21(15-13-20)32-18-19(2)11-16-26(32)34/h7-9,12-15,18H,5-6,10-11,16-17H2,1-4H3. The first kappa shape index (κ1) is 27.7. The molecule has 8 nitrogen and oxygen atoms in total. The van der Waals surface area contributed by atoms with E-state index in [1.807, 2.05) is 43.5 Å². The van der Waals surface area contributed by atoms with Crippen molar-refractivity contribution < 1.29 is 17.3 Å². The lowest BCUT2D eigenvalue weighted by atomic mass is 10.0. The van der Waals surface area contributed by atoms with Gasteiger partial charge in [0.05, 0.1) is 19.8 Å². The molecule has 9 heteroatoms. The molecule has 2 aromatic carbocycles. The first-order chi connectivity index (χ1) is 18.4. The van der Waals surface area contributed by atoms with E-state index in [1.54, 1.807) is 58.8 Å². The Hall–Kier alpha value is -3.34. The van der Waals surface area contributed by atoms with Crippen molar-refractivity contribution in [2.75, 3.05) is 19.1 Å². The molecule has 4 rings (SSSR count). The number of unbranched alkanes of at least 4 members (excludes halogenated alkanes) is 1. The minimum absolute atomic E-state index is 0.0736. The van der Waals surface area contributed by atoms with E-state index in [1.165, 1.54) is 5.57 Å². The van der Waals surface area contributed by atoms with Crippen molar-refractivity contribution in [3.8, 4) is 23.1 Å². The van der Waals surface area contributed by atoms with Gasteiger partial charge in [0.15, 0.2) is 23.0 Å². The highest BCUT2D eigenvalue weighted by molar-refractivity contribution is 14.1. The first-order valence-electron chi connectivity index (χ1n) is 12.6. The molecule has 0 radical (unpaired) electrons. The lowest BCUT2D eigenvalue weighted by Gasteiger charge is -2.24. The zero-order chi connectivity index (χ0) is 27.2. The molecule has 0 bridgehead atoms. The second-order valence-corrected chi connectivity index (χ2v) is 9.67. The van der Waals surface area contributed by atoms with Crippen LogP contribution in [0.5, 0.6) is 17.4 Å². The number of aromatic nitrogens is 2. The van der Waals surface area contributed by atoms with Gasteiger partial charge in [-0.05, 0) is 49.6 Å². The second-order valence-electron chi connectivity index (χ2n) is 9.23. The van der Waals surface area contributed by atoms with Crippen LogP contribution in [0.15, 0.2) is 59.0 Å². The van der Waals surface area contributed by atoms with Crippen LogP contribution in [-0.2, 0) is 17.6 Å². The largest absolute Gasteiger partial charge is 0.494 e. The highest BCUT2D eigenvalue weighted by Crippen LogP contribution is 2.34. The quantitative estimate of drug-likeness (QED) is 0.258. The van der Waals surface area contributed by atoms with E-state index >= 15 is 0 Å². The summed E-state index contributed by atoms with van der Waals surface area (Å²) in [6.45, 7) is 4.12. The topological polar surface area (TPSA) is 82.9 Å². The van der Waals surface area contributed by atoms with Crippen LogP contribution in [0.4, 0.5) is 5.69 Å². The van der Waals surface area contributed by atoms with Gasteiger partial charge in [-0.2, -0.15) is 4.98 Å². The van der Waals surface area contributed by atoms with Gasteiger partial charge in [-0.15, -0.1) is 0 Å². The molecular weight excluding hydrogens is 597 g/mol. The number of methoxy groups -OCH3 is 2. The van der Waals surface area contributed by atoms with Crippen LogP contribution in [0.25, 0.3) is 5.69 Å². The maximum atomic E-state index is 14.1. The SMILES string of the molecule is CCCCc1nc(OI)c(Cc2ccc(N3C=C(C)CCC3=O)cc2)c(=O)n1-c1c(OC)cccc1OC. The smallest absolute Gasteiger partial charge is 0.265 e. The van der Waals surface area contributed by atoms with Crippen LogP contribution in [0, 0.1) is 0 Å². The number of hydrogen-bond donors (Lipinski definition) is 0. The number of carbonyl (C=O) groups excluding carboxylic acids is 1. The highest BCUT2D eigenvalue weighted by Gasteiger charge is 2.24. The van der Waals surface area contributed by atoms with Gasteiger partial charge in [-0.25, -0.2) is 0 Å². The van der Waals surface area contributed by atoms with E-state index in [-0.39, 0.29) is 11.5 Å². The van der Waals surface area contributed by atoms with Gasteiger partial charge < -0.3 is 12.5 Å². The summed E-state index contributed by atoms with van der Waals surface area (Å²) < 4.78 is 18.4. The number of hydrogen-bond acceptors (Lipinski definition) is 6. The fourth-order valence-electron chi connectivity index (χ4n) is 4.56. The number of anilines is 1. The molecule has 0 atom stereocenters. The second kappa shape index (κ2) is 12.5. The predicted molar refractivity (Wildman–Crippen MR) is 156 cm³/mol. The Morgan fingerprint density at radius 3 is 2.29 bits per heavy atom. The number of ether oxygens (including phenoxy) is 2. The summed E-state index contributed by atoms with van der Waals surface area (Å²) in [4.78, 5) is 33.0. The Kier molecular flexibility index (Phi) is 9.09. The molecule has 0 saturated heterocycles. The molecule has 0 saturated carbocycles. The molecule has 0 aliphatic carbocycles. The number of aryl methyl sites for hydroxylation is 1. The van der Waals surface area contributed by atoms with Crippen molar-refractivity contribution in [2.24, 2.45) is 0 Å². The van der Waals surface area contributed by atoms with Crippen molar-refractivity contribution in [1.82, 2.24) is 9.55 Å². The number of benzene rings is 2. The Balaban J connectivity index is 1.80. The summed E-state index contributed by atoms with van der Waals surface area (Å²) in [5.74, 6) is 1.97. The molecule has 2 heterocycles. The normalized spacial score (nSPS) is 13.3. The maximum absolute atomic E-state index is 14.1. The molecule has 1 aliphatic rings.